The van der Waals surface area contributed by atoms with Gasteiger partial charge in [-0.3, -0.25) is 9.69 Å². The quantitative estimate of drug-likeness (QED) is 0.849. The first-order valence-electron chi connectivity index (χ1n) is 9.20. The van der Waals surface area contributed by atoms with E-state index in [1.807, 2.05) is 49.4 Å². The highest BCUT2D eigenvalue weighted by molar-refractivity contribution is 5.95. The Balaban J connectivity index is 1.59. The fraction of sp³-hybridized carbons (Fsp3) is 0.381. The van der Waals surface area contributed by atoms with E-state index in [1.165, 1.54) is 0 Å². The average Bonchev–Trinajstić information content (AvgIpc) is 2.73. The Morgan fingerprint density at radius 1 is 0.926 bits per heavy atom. The molecule has 1 aliphatic rings. The number of para-hydroxylation sites is 4. The molecule has 0 radical (unpaired) electrons. The molecule has 0 bridgehead atoms. The third kappa shape index (κ3) is 4.34. The second-order valence-corrected chi connectivity index (χ2v) is 6.56. The summed E-state index contributed by atoms with van der Waals surface area (Å²) in [5.41, 5.74) is 1.80. The molecule has 1 atom stereocenters. The van der Waals surface area contributed by atoms with Crippen molar-refractivity contribution in [2.45, 2.75) is 13.0 Å². The number of rotatable bonds is 6. The third-order valence-electron chi connectivity index (χ3n) is 5.03. The van der Waals surface area contributed by atoms with Crippen LogP contribution < -0.4 is 19.7 Å². The van der Waals surface area contributed by atoms with E-state index < -0.39 is 0 Å². The Kier molecular flexibility index (Phi) is 6.19. The summed E-state index contributed by atoms with van der Waals surface area (Å²) in [7, 11) is 3.30. The average molecular weight is 369 g/mol. The molecule has 0 saturated carbocycles. The molecular formula is C21H27N3O3. The molecule has 1 N–H and O–H groups in total. The Labute approximate surface area is 160 Å². The van der Waals surface area contributed by atoms with Crippen LogP contribution in [0.15, 0.2) is 48.5 Å². The van der Waals surface area contributed by atoms with E-state index in [2.05, 4.69) is 21.2 Å². The molecule has 1 saturated heterocycles. The van der Waals surface area contributed by atoms with Crippen molar-refractivity contribution in [3.8, 4) is 11.5 Å². The maximum absolute atomic E-state index is 12.7. The van der Waals surface area contributed by atoms with E-state index >= 15 is 0 Å². The Morgan fingerprint density at radius 3 is 2.19 bits per heavy atom. The minimum atomic E-state index is -0.213. The summed E-state index contributed by atoms with van der Waals surface area (Å²) >= 11 is 0. The first-order valence-corrected chi connectivity index (χ1v) is 9.20. The summed E-state index contributed by atoms with van der Waals surface area (Å²) in [4.78, 5) is 17.2. The van der Waals surface area contributed by atoms with E-state index in [-0.39, 0.29) is 11.9 Å². The molecule has 0 aliphatic carbocycles. The smallest absolute Gasteiger partial charge is 0.241 e. The summed E-state index contributed by atoms with van der Waals surface area (Å²) in [6.07, 6.45) is 0. The standard InChI is InChI=1S/C21H27N3O3/c1-16(21(25)22-17-8-4-6-10-19(17)26-2)23-12-14-24(15-13-23)18-9-5-7-11-20(18)27-3/h4-11,16H,12-15H2,1-3H3,(H,22,25)/t16-/m1/s1. The van der Waals surface area contributed by atoms with E-state index in [0.29, 0.717) is 11.4 Å². The second-order valence-electron chi connectivity index (χ2n) is 6.56. The van der Waals surface area contributed by atoms with Crippen molar-refractivity contribution in [1.29, 1.82) is 0 Å². The van der Waals surface area contributed by atoms with Crippen molar-refractivity contribution in [3.63, 3.8) is 0 Å². The Hall–Kier alpha value is -2.73. The van der Waals surface area contributed by atoms with Crippen LogP contribution in [0.5, 0.6) is 11.5 Å². The number of amides is 1. The predicted octanol–water partition coefficient (Wildman–Crippen LogP) is 2.85. The fourth-order valence-corrected chi connectivity index (χ4v) is 3.39. The lowest BCUT2D eigenvalue weighted by molar-refractivity contribution is -0.120. The molecule has 1 amide bonds. The summed E-state index contributed by atoms with van der Waals surface area (Å²) in [6.45, 7) is 5.29. The SMILES string of the molecule is COc1ccccc1NC(=O)[C@@H](C)N1CCN(c2ccccc2OC)CC1. The van der Waals surface area contributed by atoms with Crippen LogP contribution in [0.1, 0.15) is 6.92 Å². The van der Waals surface area contributed by atoms with Gasteiger partial charge in [0, 0.05) is 26.2 Å². The molecule has 3 rings (SSSR count). The lowest BCUT2D eigenvalue weighted by atomic mass is 10.2. The normalized spacial score (nSPS) is 15.9. The number of ether oxygens (including phenoxy) is 2. The Morgan fingerprint density at radius 2 is 1.52 bits per heavy atom. The van der Waals surface area contributed by atoms with Gasteiger partial charge >= 0.3 is 0 Å². The van der Waals surface area contributed by atoms with Crippen LogP contribution in [0.3, 0.4) is 0 Å². The van der Waals surface area contributed by atoms with Gasteiger partial charge in [-0.25, -0.2) is 0 Å². The fourth-order valence-electron chi connectivity index (χ4n) is 3.39. The number of piperazine rings is 1. The number of benzene rings is 2. The van der Waals surface area contributed by atoms with Crippen LogP contribution in [0.4, 0.5) is 11.4 Å². The van der Waals surface area contributed by atoms with E-state index in [0.717, 1.165) is 37.6 Å². The third-order valence-corrected chi connectivity index (χ3v) is 5.03. The van der Waals surface area contributed by atoms with E-state index in [1.54, 1.807) is 14.2 Å². The molecule has 1 heterocycles. The number of nitrogens with one attached hydrogen (secondary N) is 1. The molecule has 144 valence electrons. The zero-order valence-corrected chi connectivity index (χ0v) is 16.1. The molecule has 6 nitrogen and oxygen atoms in total. The second kappa shape index (κ2) is 8.77. The van der Waals surface area contributed by atoms with Gasteiger partial charge in [0.25, 0.3) is 0 Å². The van der Waals surface area contributed by atoms with Crippen molar-refractivity contribution >= 4 is 17.3 Å². The Bertz CT molecular complexity index is 773. The van der Waals surface area contributed by atoms with Crippen molar-refractivity contribution in [2.75, 3.05) is 50.6 Å². The van der Waals surface area contributed by atoms with Crippen LogP contribution in [-0.4, -0.2) is 57.2 Å². The molecule has 2 aromatic rings. The van der Waals surface area contributed by atoms with Gasteiger partial charge in [-0.2, -0.15) is 0 Å². The zero-order chi connectivity index (χ0) is 19.2. The largest absolute Gasteiger partial charge is 0.495 e. The molecular weight excluding hydrogens is 342 g/mol. The van der Waals surface area contributed by atoms with Gasteiger partial charge in [-0.1, -0.05) is 24.3 Å². The molecule has 0 aromatic heterocycles. The molecule has 0 unspecified atom stereocenters. The highest BCUT2D eigenvalue weighted by atomic mass is 16.5. The highest BCUT2D eigenvalue weighted by Gasteiger charge is 2.27. The van der Waals surface area contributed by atoms with Crippen LogP contribution >= 0.6 is 0 Å². The van der Waals surface area contributed by atoms with Gasteiger partial charge in [0.05, 0.1) is 31.6 Å². The lowest BCUT2D eigenvalue weighted by Crippen LogP contribution is -2.52. The molecule has 1 fully saturated rings. The number of nitrogens with zero attached hydrogens (tertiary/aromatic N) is 2. The maximum Gasteiger partial charge on any atom is 0.241 e. The van der Waals surface area contributed by atoms with Gasteiger partial charge in [-0.15, -0.1) is 0 Å². The van der Waals surface area contributed by atoms with Crippen molar-refractivity contribution in [2.24, 2.45) is 0 Å². The van der Waals surface area contributed by atoms with Crippen LogP contribution in [0.2, 0.25) is 0 Å². The lowest BCUT2D eigenvalue weighted by Gasteiger charge is -2.38. The van der Waals surface area contributed by atoms with Crippen LogP contribution in [0, 0.1) is 0 Å². The van der Waals surface area contributed by atoms with E-state index in [9.17, 15) is 4.79 Å². The molecule has 6 heteroatoms. The summed E-state index contributed by atoms with van der Waals surface area (Å²) in [5, 5.41) is 2.98. The number of hydrogen-bond donors (Lipinski definition) is 1. The highest BCUT2D eigenvalue weighted by Crippen LogP contribution is 2.29. The van der Waals surface area contributed by atoms with Crippen molar-refractivity contribution < 1.29 is 14.3 Å². The van der Waals surface area contributed by atoms with Gasteiger partial charge < -0.3 is 19.7 Å². The van der Waals surface area contributed by atoms with Crippen molar-refractivity contribution in [1.82, 2.24) is 4.90 Å². The monoisotopic (exact) mass is 369 g/mol. The van der Waals surface area contributed by atoms with Crippen LogP contribution in [0.25, 0.3) is 0 Å². The number of methoxy groups -OCH3 is 2. The zero-order valence-electron chi connectivity index (χ0n) is 16.1. The summed E-state index contributed by atoms with van der Waals surface area (Å²) in [6, 6.07) is 15.3. The number of carbonyl (C=O) groups is 1. The first kappa shape index (κ1) is 19.0. The minimum Gasteiger partial charge on any atom is -0.495 e. The number of anilines is 2. The molecule has 2 aromatic carbocycles. The number of carbonyl (C=O) groups excluding carboxylic acids is 1. The van der Waals surface area contributed by atoms with Crippen molar-refractivity contribution in [3.05, 3.63) is 48.5 Å². The summed E-state index contributed by atoms with van der Waals surface area (Å²) in [5.74, 6) is 1.53. The predicted molar refractivity (Wildman–Crippen MR) is 108 cm³/mol. The summed E-state index contributed by atoms with van der Waals surface area (Å²) < 4.78 is 10.8. The van der Waals surface area contributed by atoms with Gasteiger partial charge in [0.2, 0.25) is 5.91 Å². The maximum atomic E-state index is 12.7. The molecule has 1 aliphatic heterocycles. The topological polar surface area (TPSA) is 54.0 Å². The van der Waals surface area contributed by atoms with E-state index in [4.69, 9.17) is 9.47 Å². The minimum absolute atomic E-state index is 0.0229. The number of hydrogen-bond acceptors (Lipinski definition) is 5. The molecule has 27 heavy (non-hydrogen) atoms. The van der Waals surface area contributed by atoms with Gasteiger partial charge in [0.1, 0.15) is 11.5 Å². The van der Waals surface area contributed by atoms with Gasteiger partial charge in [-0.05, 0) is 31.2 Å². The first-order chi connectivity index (χ1) is 13.1. The van der Waals surface area contributed by atoms with Crippen LogP contribution in [-0.2, 0) is 4.79 Å². The van der Waals surface area contributed by atoms with Gasteiger partial charge in [0.15, 0.2) is 0 Å². The molecule has 0 spiro atoms.